The van der Waals surface area contributed by atoms with Gasteiger partial charge in [0.25, 0.3) is 0 Å². The van der Waals surface area contributed by atoms with Gasteiger partial charge in [0.1, 0.15) is 0 Å². The van der Waals surface area contributed by atoms with Gasteiger partial charge in [-0.2, -0.15) is 0 Å². The Morgan fingerprint density at radius 3 is 2.70 bits per heavy atom. The number of hydrogen-bond acceptors (Lipinski definition) is 2. The van der Waals surface area contributed by atoms with Crippen molar-refractivity contribution in [2.75, 3.05) is 6.54 Å². The number of hydrogen-bond donors (Lipinski definition) is 1. The van der Waals surface area contributed by atoms with Gasteiger partial charge in [-0.1, -0.05) is 48.0 Å². The number of halogens is 1. The number of benzene rings is 1. The summed E-state index contributed by atoms with van der Waals surface area (Å²) in [6, 6.07) is 14.9. The van der Waals surface area contributed by atoms with Crippen molar-refractivity contribution in [3.05, 3.63) is 64.4 Å². The maximum Gasteiger partial charge on any atom is 0.0450 e. The summed E-state index contributed by atoms with van der Waals surface area (Å²) in [5.41, 5.74) is 2.42. The average molecular weight is 333 g/mol. The topological polar surface area (TPSA) is 24.9 Å². The summed E-state index contributed by atoms with van der Waals surface area (Å²) < 4.78 is 1.12. The van der Waals surface area contributed by atoms with Gasteiger partial charge in [0, 0.05) is 28.3 Å². The van der Waals surface area contributed by atoms with Crippen LogP contribution in [-0.2, 0) is 0 Å². The molecule has 2 rings (SSSR count). The van der Waals surface area contributed by atoms with Gasteiger partial charge in [0.2, 0.25) is 0 Å². The number of aromatic nitrogens is 1. The Balaban J connectivity index is 2.27. The Bertz CT molecular complexity index is 528. The van der Waals surface area contributed by atoms with Gasteiger partial charge < -0.3 is 5.32 Å². The molecule has 2 unspecified atom stereocenters. The van der Waals surface area contributed by atoms with E-state index in [2.05, 4.69) is 76.5 Å². The Morgan fingerprint density at radius 1 is 1.20 bits per heavy atom. The summed E-state index contributed by atoms with van der Waals surface area (Å²) in [5.74, 6) is 0.331. The van der Waals surface area contributed by atoms with E-state index in [9.17, 15) is 0 Å². The predicted octanol–water partition coefficient (Wildman–Crippen LogP) is 4.69. The standard InChI is InChI=1S/C17H21BrN2/c1-3-10-20-17(14-7-6-8-15(18)12-14)13(2)16-9-4-5-11-19-16/h4-9,11-13,17,20H,3,10H2,1-2H3. The molecule has 0 saturated carbocycles. The molecule has 1 heterocycles. The molecular weight excluding hydrogens is 312 g/mol. The molecule has 0 aliphatic rings. The van der Waals surface area contributed by atoms with Crippen LogP contribution >= 0.6 is 15.9 Å². The molecule has 0 radical (unpaired) electrons. The fourth-order valence-corrected chi connectivity index (χ4v) is 2.82. The third kappa shape index (κ3) is 3.90. The SMILES string of the molecule is CCCNC(c1cccc(Br)c1)C(C)c1ccccn1. The van der Waals surface area contributed by atoms with Crippen LogP contribution in [0.5, 0.6) is 0 Å². The van der Waals surface area contributed by atoms with E-state index in [0.717, 1.165) is 23.1 Å². The van der Waals surface area contributed by atoms with Crippen LogP contribution in [0.1, 0.15) is 43.5 Å². The molecule has 0 amide bonds. The van der Waals surface area contributed by atoms with E-state index >= 15 is 0 Å². The van der Waals surface area contributed by atoms with Gasteiger partial charge >= 0.3 is 0 Å². The Kier molecular flexibility index (Phi) is 5.74. The van der Waals surface area contributed by atoms with Crippen molar-refractivity contribution in [3.8, 4) is 0 Å². The first-order valence-corrected chi connectivity index (χ1v) is 7.91. The van der Waals surface area contributed by atoms with E-state index in [1.807, 2.05) is 12.3 Å². The van der Waals surface area contributed by atoms with Crippen LogP contribution in [0.4, 0.5) is 0 Å². The lowest BCUT2D eigenvalue weighted by atomic mass is 9.91. The Hall–Kier alpha value is -1.19. The third-order valence-corrected chi connectivity index (χ3v) is 3.97. The molecule has 0 spiro atoms. The zero-order valence-corrected chi connectivity index (χ0v) is 13.6. The van der Waals surface area contributed by atoms with E-state index in [1.165, 1.54) is 5.56 Å². The first-order chi connectivity index (χ1) is 9.72. The molecule has 0 aliphatic heterocycles. The summed E-state index contributed by atoms with van der Waals surface area (Å²) in [6.07, 6.45) is 2.99. The second kappa shape index (κ2) is 7.55. The summed E-state index contributed by atoms with van der Waals surface area (Å²) in [5, 5.41) is 3.65. The number of pyridine rings is 1. The quantitative estimate of drug-likeness (QED) is 0.830. The number of nitrogens with zero attached hydrogens (tertiary/aromatic N) is 1. The Morgan fingerprint density at radius 2 is 2.05 bits per heavy atom. The van der Waals surface area contributed by atoms with Crippen molar-refractivity contribution in [1.29, 1.82) is 0 Å². The van der Waals surface area contributed by atoms with Crippen molar-refractivity contribution >= 4 is 15.9 Å². The normalized spacial score (nSPS) is 13.9. The summed E-state index contributed by atoms with van der Waals surface area (Å²) >= 11 is 3.56. The molecule has 1 aromatic heterocycles. The van der Waals surface area contributed by atoms with Gasteiger partial charge in [-0.25, -0.2) is 0 Å². The van der Waals surface area contributed by atoms with Crippen molar-refractivity contribution in [2.24, 2.45) is 0 Å². The number of nitrogens with one attached hydrogen (secondary N) is 1. The molecule has 0 bridgehead atoms. The molecule has 1 aromatic carbocycles. The maximum absolute atomic E-state index is 4.50. The van der Waals surface area contributed by atoms with Crippen LogP contribution < -0.4 is 5.32 Å². The van der Waals surface area contributed by atoms with E-state index in [-0.39, 0.29) is 6.04 Å². The van der Waals surface area contributed by atoms with E-state index in [4.69, 9.17) is 0 Å². The molecule has 0 aliphatic carbocycles. The fraction of sp³-hybridized carbons (Fsp3) is 0.353. The number of rotatable bonds is 6. The monoisotopic (exact) mass is 332 g/mol. The minimum Gasteiger partial charge on any atom is -0.309 e. The summed E-state index contributed by atoms with van der Waals surface area (Å²) in [7, 11) is 0. The molecule has 0 fully saturated rings. The molecule has 2 aromatic rings. The van der Waals surface area contributed by atoms with E-state index in [1.54, 1.807) is 0 Å². The molecule has 20 heavy (non-hydrogen) atoms. The van der Waals surface area contributed by atoms with E-state index in [0.29, 0.717) is 5.92 Å². The van der Waals surface area contributed by atoms with Crippen LogP contribution in [0.3, 0.4) is 0 Å². The van der Waals surface area contributed by atoms with E-state index < -0.39 is 0 Å². The lowest BCUT2D eigenvalue weighted by Crippen LogP contribution is -2.27. The largest absolute Gasteiger partial charge is 0.309 e. The second-order valence-electron chi connectivity index (χ2n) is 5.03. The van der Waals surface area contributed by atoms with Gasteiger partial charge in [-0.05, 0) is 42.8 Å². The average Bonchev–Trinajstić information content (AvgIpc) is 2.48. The van der Waals surface area contributed by atoms with Gasteiger partial charge in [0.15, 0.2) is 0 Å². The first kappa shape index (κ1) is 15.2. The van der Waals surface area contributed by atoms with Crippen molar-refractivity contribution in [3.63, 3.8) is 0 Å². The minimum absolute atomic E-state index is 0.280. The molecule has 2 atom stereocenters. The van der Waals surface area contributed by atoms with Crippen LogP contribution in [-0.4, -0.2) is 11.5 Å². The molecule has 2 nitrogen and oxygen atoms in total. The Labute approximate surface area is 129 Å². The fourth-order valence-electron chi connectivity index (χ4n) is 2.40. The van der Waals surface area contributed by atoms with Gasteiger partial charge in [-0.15, -0.1) is 0 Å². The lowest BCUT2D eigenvalue weighted by molar-refractivity contribution is 0.460. The van der Waals surface area contributed by atoms with Gasteiger partial charge in [0.05, 0.1) is 0 Å². The zero-order valence-electron chi connectivity index (χ0n) is 12.0. The van der Waals surface area contributed by atoms with Crippen LogP contribution in [0.25, 0.3) is 0 Å². The molecule has 1 N–H and O–H groups in total. The van der Waals surface area contributed by atoms with Crippen molar-refractivity contribution in [1.82, 2.24) is 10.3 Å². The molecule has 3 heteroatoms. The highest BCUT2D eigenvalue weighted by Crippen LogP contribution is 2.30. The highest BCUT2D eigenvalue weighted by Gasteiger charge is 2.21. The van der Waals surface area contributed by atoms with Crippen LogP contribution in [0.15, 0.2) is 53.1 Å². The maximum atomic E-state index is 4.50. The second-order valence-corrected chi connectivity index (χ2v) is 5.95. The van der Waals surface area contributed by atoms with Gasteiger partial charge in [-0.3, -0.25) is 4.98 Å². The first-order valence-electron chi connectivity index (χ1n) is 7.12. The molecule has 0 saturated heterocycles. The third-order valence-electron chi connectivity index (χ3n) is 3.48. The van der Waals surface area contributed by atoms with Crippen molar-refractivity contribution < 1.29 is 0 Å². The lowest BCUT2D eigenvalue weighted by Gasteiger charge is -2.25. The zero-order chi connectivity index (χ0) is 14.4. The van der Waals surface area contributed by atoms with Crippen LogP contribution in [0, 0.1) is 0 Å². The van der Waals surface area contributed by atoms with Crippen LogP contribution in [0.2, 0.25) is 0 Å². The highest BCUT2D eigenvalue weighted by atomic mass is 79.9. The predicted molar refractivity (Wildman–Crippen MR) is 87.8 cm³/mol. The highest BCUT2D eigenvalue weighted by molar-refractivity contribution is 9.10. The summed E-state index contributed by atoms with van der Waals surface area (Å²) in [6.45, 7) is 5.43. The van der Waals surface area contributed by atoms with Crippen molar-refractivity contribution in [2.45, 2.75) is 32.2 Å². The molecule has 106 valence electrons. The smallest absolute Gasteiger partial charge is 0.0450 e. The minimum atomic E-state index is 0.280. The summed E-state index contributed by atoms with van der Waals surface area (Å²) in [4.78, 5) is 4.50. The molecular formula is C17H21BrN2.